The van der Waals surface area contributed by atoms with Gasteiger partial charge in [-0.3, -0.25) is 0 Å². The lowest BCUT2D eigenvalue weighted by molar-refractivity contribution is 0.401. The molecule has 0 saturated carbocycles. The van der Waals surface area contributed by atoms with E-state index in [1.54, 1.807) is 7.11 Å². The number of aryl methyl sites for hydroxylation is 1. The van der Waals surface area contributed by atoms with E-state index in [0.717, 1.165) is 12.2 Å². The fraction of sp³-hybridized carbons (Fsp3) is 0.538. The maximum atomic E-state index is 5.22. The van der Waals surface area contributed by atoms with Gasteiger partial charge in [-0.1, -0.05) is 26.8 Å². The molecule has 1 aromatic rings. The van der Waals surface area contributed by atoms with Gasteiger partial charge in [0, 0.05) is 0 Å². The Balaban J connectivity index is 2.95. The van der Waals surface area contributed by atoms with Crippen LogP contribution >= 0.6 is 0 Å². The lowest BCUT2D eigenvalue weighted by Gasteiger charge is -2.20. The maximum Gasteiger partial charge on any atom is 0.119 e. The lowest BCUT2D eigenvalue weighted by Crippen LogP contribution is -2.10. The van der Waals surface area contributed by atoms with Crippen LogP contribution in [0.2, 0.25) is 0 Å². The predicted octanol–water partition coefficient (Wildman–Crippen LogP) is 3.59. The van der Waals surface area contributed by atoms with E-state index in [4.69, 9.17) is 4.74 Å². The normalized spacial score (nSPS) is 11.5. The van der Waals surface area contributed by atoms with Crippen LogP contribution in [0.15, 0.2) is 18.2 Å². The average molecular weight is 192 g/mol. The van der Waals surface area contributed by atoms with Crippen LogP contribution in [0, 0.1) is 12.3 Å². The van der Waals surface area contributed by atoms with E-state index in [9.17, 15) is 0 Å². The number of hydrogen-bond acceptors (Lipinski definition) is 1. The van der Waals surface area contributed by atoms with Crippen molar-refractivity contribution in [3.8, 4) is 5.75 Å². The summed E-state index contributed by atoms with van der Waals surface area (Å²) >= 11 is 0. The van der Waals surface area contributed by atoms with Gasteiger partial charge >= 0.3 is 0 Å². The molecule has 0 saturated heterocycles. The maximum absolute atomic E-state index is 5.22. The molecule has 1 heteroatoms. The molecule has 0 bridgehead atoms. The summed E-state index contributed by atoms with van der Waals surface area (Å²) in [6.45, 7) is 8.92. The molecule has 0 spiro atoms. The number of ether oxygens (including phenoxy) is 1. The van der Waals surface area contributed by atoms with Crippen LogP contribution in [-0.4, -0.2) is 7.11 Å². The summed E-state index contributed by atoms with van der Waals surface area (Å²) in [5.74, 6) is 0.954. The van der Waals surface area contributed by atoms with Crippen molar-refractivity contribution in [1.82, 2.24) is 0 Å². The molecule has 0 aliphatic heterocycles. The molecule has 1 rings (SSSR count). The third-order valence-corrected chi connectivity index (χ3v) is 2.28. The zero-order valence-electron chi connectivity index (χ0n) is 9.85. The van der Waals surface area contributed by atoms with Crippen LogP contribution in [0.4, 0.5) is 0 Å². The Bertz CT molecular complexity index is 308. The van der Waals surface area contributed by atoms with Crippen molar-refractivity contribution >= 4 is 0 Å². The first-order valence-electron chi connectivity index (χ1n) is 5.06. The van der Waals surface area contributed by atoms with Gasteiger partial charge in [-0.15, -0.1) is 0 Å². The minimum Gasteiger partial charge on any atom is -0.497 e. The zero-order chi connectivity index (χ0) is 10.8. The molecule has 0 aliphatic carbocycles. The van der Waals surface area contributed by atoms with Crippen LogP contribution < -0.4 is 4.74 Å². The SMILES string of the molecule is COc1ccc(C)c(CC(C)(C)C)c1. The average Bonchev–Trinajstić information content (AvgIpc) is 2.06. The summed E-state index contributed by atoms with van der Waals surface area (Å²) in [6.07, 6.45) is 1.09. The summed E-state index contributed by atoms with van der Waals surface area (Å²) in [4.78, 5) is 0. The quantitative estimate of drug-likeness (QED) is 0.695. The van der Waals surface area contributed by atoms with Crippen molar-refractivity contribution in [2.75, 3.05) is 7.11 Å². The van der Waals surface area contributed by atoms with E-state index >= 15 is 0 Å². The van der Waals surface area contributed by atoms with E-state index in [2.05, 4.69) is 39.8 Å². The first-order valence-corrected chi connectivity index (χ1v) is 5.06. The molecule has 0 unspecified atom stereocenters. The van der Waals surface area contributed by atoms with E-state index in [0.29, 0.717) is 5.41 Å². The number of hydrogen-bond donors (Lipinski definition) is 0. The molecular weight excluding hydrogens is 172 g/mol. The third-order valence-electron chi connectivity index (χ3n) is 2.28. The van der Waals surface area contributed by atoms with Crippen molar-refractivity contribution in [3.63, 3.8) is 0 Å². The van der Waals surface area contributed by atoms with Crippen LogP contribution in [0.5, 0.6) is 5.75 Å². The van der Waals surface area contributed by atoms with Gasteiger partial charge in [0.1, 0.15) is 5.75 Å². The van der Waals surface area contributed by atoms with E-state index in [1.807, 2.05) is 6.07 Å². The van der Waals surface area contributed by atoms with Gasteiger partial charge in [0.05, 0.1) is 7.11 Å². The summed E-state index contributed by atoms with van der Waals surface area (Å²) in [6, 6.07) is 6.28. The Morgan fingerprint density at radius 1 is 1.21 bits per heavy atom. The van der Waals surface area contributed by atoms with E-state index in [1.165, 1.54) is 11.1 Å². The van der Waals surface area contributed by atoms with Gasteiger partial charge in [0.15, 0.2) is 0 Å². The third kappa shape index (κ3) is 3.06. The Labute approximate surface area is 87.1 Å². The summed E-state index contributed by atoms with van der Waals surface area (Å²) < 4.78 is 5.22. The Hall–Kier alpha value is -0.980. The first kappa shape index (κ1) is 11.1. The molecule has 78 valence electrons. The van der Waals surface area contributed by atoms with Gasteiger partial charge in [-0.25, -0.2) is 0 Å². The van der Waals surface area contributed by atoms with Gasteiger partial charge in [0.25, 0.3) is 0 Å². The molecule has 0 heterocycles. The second-order valence-electron chi connectivity index (χ2n) is 5.03. The highest BCUT2D eigenvalue weighted by Crippen LogP contribution is 2.25. The van der Waals surface area contributed by atoms with Gasteiger partial charge in [-0.05, 0) is 42.0 Å². The predicted molar refractivity (Wildman–Crippen MR) is 60.9 cm³/mol. The molecule has 0 fully saturated rings. The Morgan fingerprint density at radius 3 is 2.36 bits per heavy atom. The standard InChI is InChI=1S/C13H20O/c1-10-6-7-12(14-5)8-11(10)9-13(2,3)4/h6-8H,9H2,1-5H3. The number of methoxy groups -OCH3 is 1. The fourth-order valence-corrected chi connectivity index (χ4v) is 1.54. The minimum atomic E-state index is 0.330. The smallest absolute Gasteiger partial charge is 0.119 e. The molecule has 1 aromatic carbocycles. The van der Waals surface area contributed by atoms with Crippen molar-refractivity contribution in [2.45, 2.75) is 34.1 Å². The van der Waals surface area contributed by atoms with Crippen molar-refractivity contribution in [1.29, 1.82) is 0 Å². The molecule has 0 amide bonds. The van der Waals surface area contributed by atoms with Gasteiger partial charge < -0.3 is 4.74 Å². The van der Waals surface area contributed by atoms with Gasteiger partial charge in [0.2, 0.25) is 0 Å². The summed E-state index contributed by atoms with van der Waals surface area (Å²) in [5, 5.41) is 0. The molecule has 0 radical (unpaired) electrons. The topological polar surface area (TPSA) is 9.23 Å². The Morgan fingerprint density at radius 2 is 1.86 bits per heavy atom. The molecule has 0 aromatic heterocycles. The van der Waals surface area contributed by atoms with E-state index < -0.39 is 0 Å². The minimum absolute atomic E-state index is 0.330. The number of benzene rings is 1. The molecule has 14 heavy (non-hydrogen) atoms. The monoisotopic (exact) mass is 192 g/mol. The van der Waals surface area contributed by atoms with Gasteiger partial charge in [-0.2, -0.15) is 0 Å². The highest BCUT2D eigenvalue weighted by Gasteiger charge is 2.13. The molecule has 0 aliphatic rings. The molecular formula is C13H20O. The summed E-state index contributed by atoms with van der Waals surface area (Å²) in [5.41, 5.74) is 3.06. The molecule has 1 nitrogen and oxygen atoms in total. The van der Waals surface area contributed by atoms with Crippen molar-refractivity contribution in [2.24, 2.45) is 5.41 Å². The van der Waals surface area contributed by atoms with E-state index in [-0.39, 0.29) is 0 Å². The Kier molecular flexibility index (Phi) is 3.20. The van der Waals surface area contributed by atoms with Crippen LogP contribution in [-0.2, 0) is 6.42 Å². The molecule has 0 N–H and O–H groups in total. The van der Waals surface area contributed by atoms with Crippen molar-refractivity contribution < 1.29 is 4.74 Å². The van der Waals surface area contributed by atoms with Crippen molar-refractivity contribution in [3.05, 3.63) is 29.3 Å². The zero-order valence-corrected chi connectivity index (χ0v) is 9.85. The molecule has 0 atom stereocenters. The fourth-order valence-electron chi connectivity index (χ4n) is 1.54. The van der Waals surface area contributed by atoms with Crippen LogP contribution in [0.25, 0.3) is 0 Å². The number of rotatable bonds is 2. The summed E-state index contributed by atoms with van der Waals surface area (Å²) in [7, 11) is 1.71. The largest absolute Gasteiger partial charge is 0.497 e. The van der Waals surface area contributed by atoms with Crippen LogP contribution in [0.1, 0.15) is 31.9 Å². The highest BCUT2D eigenvalue weighted by atomic mass is 16.5. The second kappa shape index (κ2) is 4.04. The first-order chi connectivity index (χ1) is 6.42. The highest BCUT2D eigenvalue weighted by molar-refractivity contribution is 5.35. The second-order valence-corrected chi connectivity index (χ2v) is 5.03. The van der Waals surface area contributed by atoms with Crippen LogP contribution in [0.3, 0.4) is 0 Å². The lowest BCUT2D eigenvalue weighted by atomic mass is 9.86.